The van der Waals surface area contributed by atoms with Crippen molar-refractivity contribution in [3.8, 4) is 5.75 Å². The van der Waals surface area contributed by atoms with Crippen LogP contribution in [0.15, 0.2) is 24.3 Å². The molecule has 0 heterocycles. The van der Waals surface area contributed by atoms with Crippen LogP contribution in [0.3, 0.4) is 0 Å². The number of carbonyl (C=O) groups is 1. The van der Waals surface area contributed by atoms with E-state index in [9.17, 15) is 4.79 Å². The average Bonchev–Trinajstić information content (AvgIpc) is 2.44. The van der Waals surface area contributed by atoms with Gasteiger partial charge >= 0.3 is 0 Å². The zero-order valence-electron chi connectivity index (χ0n) is 13.4. The van der Waals surface area contributed by atoms with Gasteiger partial charge in [-0.15, -0.1) is 0 Å². The van der Waals surface area contributed by atoms with Gasteiger partial charge in [0.05, 0.1) is 0 Å². The first kappa shape index (κ1) is 17.5. The summed E-state index contributed by atoms with van der Waals surface area (Å²) in [5, 5.41) is 2.90. The average molecular weight is 293 g/mol. The van der Waals surface area contributed by atoms with E-state index in [2.05, 4.69) is 10.2 Å². The molecule has 1 amide bonds. The summed E-state index contributed by atoms with van der Waals surface area (Å²) in [4.78, 5) is 13.9. The van der Waals surface area contributed by atoms with E-state index in [4.69, 9.17) is 10.5 Å². The summed E-state index contributed by atoms with van der Waals surface area (Å²) < 4.78 is 5.68. The van der Waals surface area contributed by atoms with Crippen molar-refractivity contribution in [3.05, 3.63) is 29.8 Å². The monoisotopic (exact) mass is 293 g/mol. The molecule has 118 valence electrons. The van der Waals surface area contributed by atoms with Gasteiger partial charge in [-0.05, 0) is 38.7 Å². The van der Waals surface area contributed by atoms with Gasteiger partial charge in [0, 0.05) is 25.0 Å². The highest BCUT2D eigenvalue weighted by atomic mass is 16.5. The Balaban J connectivity index is 2.47. The van der Waals surface area contributed by atoms with Crippen molar-refractivity contribution in [2.75, 3.05) is 27.2 Å². The van der Waals surface area contributed by atoms with Crippen LogP contribution in [-0.4, -0.2) is 44.1 Å². The van der Waals surface area contributed by atoms with E-state index in [0.717, 1.165) is 17.9 Å². The molecule has 0 bridgehead atoms. The first-order valence-corrected chi connectivity index (χ1v) is 7.30. The maximum atomic E-state index is 11.9. The first-order chi connectivity index (χ1) is 9.90. The van der Waals surface area contributed by atoms with Crippen molar-refractivity contribution in [3.63, 3.8) is 0 Å². The van der Waals surface area contributed by atoms with Crippen LogP contribution in [0.5, 0.6) is 5.75 Å². The van der Waals surface area contributed by atoms with Crippen molar-refractivity contribution < 1.29 is 9.53 Å². The molecule has 0 spiro atoms. The number of nitrogens with two attached hydrogens (primary N) is 1. The third-order valence-corrected chi connectivity index (χ3v) is 3.37. The molecule has 0 aliphatic carbocycles. The minimum atomic E-state index is -0.190. The molecule has 0 aliphatic heterocycles. The number of rotatable bonds is 8. The van der Waals surface area contributed by atoms with Crippen molar-refractivity contribution in [1.29, 1.82) is 0 Å². The standard InChI is InChI=1S/C16H27N3O2/c1-12(13(2)17)16(20)18-11-14-6-5-7-15(10-14)21-9-8-19(3)4/h5-7,10,12-13H,8-9,11,17H2,1-4H3,(H,18,20). The molecule has 21 heavy (non-hydrogen) atoms. The molecular weight excluding hydrogens is 266 g/mol. The number of carbonyl (C=O) groups excluding carboxylic acids is 1. The third kappa shape index (κ3) is 6.60. The van der Waals surface area contributed by atoms with E-state index < -0.39 is 0 Å². The van der Waals surface area contributed by atoms with Crippen molar-refractivity contribution in [2.45, 2.75) is 26.4 Å². The highest BCUT2D eigenvalue weighted by molar-refractivity contribution is 5.78. The van der Waals surface area contributed by atoms with Crippen molar-refractivity contribution in [1.82, 2.24) is 10.2 Å². The highest BCUT2D eigenvalue weighted by Gasteiger charge is 2.16. The number of ether oxygens (including phenoxy) is 1. The third-order valence-electron chi connectivity index (χ3n) is 3.37. The highest BCUT2D eigenvalue weighted by Crippen LogP contribution is 2.13. The Hall–Kier alpha value is -1.59. The minimum Gasteiger partial charge on any atom is -0.492 e. The molecule has 0 aliphatic rings. The van der Waals surface area contributed by atoms with Crippen molar-refractivity contribution >= 4 is 5.91 Å². The Kier molecular flexibility index (Phi) is 7.19. The van der Waals surface area contributed by atoms with Crippen LogP contribution in [0, 0.1) is 5.92 Å². The van der Waals surface area contributed by atoms with E-state index in [1.807, 2.05) is 52.2 Å². The Labute approximate surface area is 127 Å². The number of amides is 1. The van der Waals surface area contributed by atoms with Gasteiger partial charge in [-0.25, -0.2) is 0 Å². The van der Waals surface area contributed by atoms with Gasteiger partial charge in [0.1, 0.15) is 12.4 Å². The predicted molar refractivity (Wildman–Crippen MR) is 85.2 cm³/mol. The zero-order valence-corrected chi connectivity index (χ0v) is 13.4. The second kappa shape index (κ2) is 8.64. The molecular formula is C16H27N3O2. The molecule has 1 aromatic carbocycles. The summed E-state index contributed by atoms with van der Waals surface area (Å²) in [6.45, 7) is 5.67. The molecule has 0 saturated carbocycles. The second-order valence-corrected chi connectivity index (χ2v) is 5.66. The van der Waals surface area contributed by atoms with Gasteiger partial charge in [0.15, 0.2) is 0 Å². The first-order valence-electron chi connectivity index (χ1n) is 7.30. The lowest BCUT2D eigenvalue weighted by atomic mass is 10.0. The lowest BCUT2D eigenvalue weighted by Gasteiger charge is -2.16. The number of likely N-dealkylation sites (N-methyl/N-ethyl adjacent to an activating group) is 1. The maximum absolute atomic E-state index is 11.9. The number of benzene rings is 1. The smallest absolute Gasteiger partial charge is 0.224 e. The number of hydrogen-bond acceptors (Lipinski definition) is 4. The van der Waals surface area contributed by atoms with Gasteiger partial charge in [0.2, 0.25) is 5.91 Å². The SMILES string of the molecule is CC(N)C(C)C(=O)NCc1cccc(OCCN(C)C)c1. The van der Waals surface area contributed by atoms with Gasteiger partial charge in [-0.3, -0.25) is 4.79 Å². The number of nitrogens with zero attached hydrogens (tertiary/aromatic N) is 1. The molecule has 5 nitrogen and oxygen atoms in total. The molecule has 3 N–H and O–H groups in total. The van der Waals surface area contributed by atoms with Crippen LogP contribution in [-0.2, 0) is 11.3 Å². The van der Waals surface area contributed by atoms with Crippen LogP contribution in [0.1, 0.15) is 19.4 Å². The van der Waals surface area contributed by atoms with E-state index in [1.165, 1.54) is 0 Å². The van der Waals surface area contributed by atoms with E-state index in [-0.39, 0.29) is 17.9 Å². The number of nitrogens with one attached hydrogen (secondary N) is 1. The molecule has 2 unspecified atom stereocenters. The van der Waals surface area contributed by atoms with Gasteiger partial charge < -0.3 is 20.7 Å². The lowest BCUT2D eigenvalue weighted by molar-refractivity contribution is -0.125. The Bertz CT molecular complexity index is 447. The molecule has 0 radical (unpaired) electrons. The van der Waals surface area contributed by atoms with Crippen LogP contribution in [0.4, 0.5) is 0 Å². The molecule has 5 heteroatoms. The summed E-state index contributed by atoms with van der Waals surface area (Å²) in [5.41, 5.74) is 6.74. The summed E-state index contributed by atoms with van der Waals surface area (Å²) in [5.74, 6) is 0.609. The Morgan fingerprint density at radius 2 is 2.10 bits per heavy atom. The molecule has 2 atom stereocenters. The van der Waals surface area contributed by atoms with E-state index in [1.54, 1.807) is 0 Å². The van der Waals surface area contributed by atoms with Crippen LogP contribution >= 0.6 is 0 Å². The van der Waals surface area contributed by atoms with Crippen LogP contribution in [0.2, 0.25) is 0 Å². The second-order valence-electron chi connectivity index (χ2n) is 5.66. The lowest BCUT2D eigenvalue weighted by Crippen LogP contribution is -2.38. The summed E-state index contributed by atoms with van der Waals surface area (Å²) in [6.07, 6.45) is 0. The van der Waals surface area contributed by atoms with Gasteiger partial charge in [-0.1, -0.05) is 19.1 Å². The normalized spacial score (nSPS) is 13.8. The Morgan fingerprint density at radius 1 is 1.38 bits per heavy atom. The van der Waals surface area contributed by atoms with Gasteiger partial charge in [0.25, 0.3) is 0 Å². The maximum Gasteiger partial charge on any atom is 0.224 e. The predicted octanol–water partition coefficient (Wildman–Crippen LogP) is 1.23. The summed E-state index contributed by atoms with van der Waals surface area (Å²) >= 11 is 0. The van der Waals surface area contributed by atoms with E-state index >= 15 is 0 Å². The molecule has 0 aromatic heterocycles. The van der Waals surface area contributed by atoms with E-state index in [0.29, 0.717) is 13.2 Å². The molecule has 1 rings (SSSR count). The topological polar surface area (TPSA) is 67.6 Å². The van der Waals surface area contributed by atoms with Crippen molar-refractivity contribution in [2.24, 2.45) is 11.7 Å². The Morgan fingerprint density at radius 3 is 2.71 bits per heavy atom. The zero-order chi connectivity index (χ0) is 15.8. The molecule has 0 saturated heterocycles. The van der Waals surface area contributed by atoms with Gasteiger partial charge in [-0.2, -0.15) is 0 Å². The minimum absolute atomic E-state index is 0.0241. The van der Waals surface area contributed by atoms with Crippen LogP contribution < -0.4 is 15.8 Å². The fourth-order valence-corrected chi connectivity index (χ4v) is 1.68. The van der Waals surface area contributed by atoms with Crippen LogP contribution in [0.25, 0.3) is 0 Å². The largest absolute Gasteiger partial charge is 0.492 e. The number of hydrogen-bond donors (Lipinski definition) is 2. The summed E-state index contributed by atoms with van der Waals surface area (Å²) in [7, 11) is 4.02. The quantitative estimate of drug-likeness (QED) is 0.756. The fraction of sp³-hybridized carbons (Fsp3) is 0.562. The molecule has 0 fully saturated rings. The fourth-order valence-electron chi connectivity index (χ4n) is 1.68. The summed E-state index contributed by atoms with van der Waals surface area (Å²) in [6, 6.07) is 7.63. The molecule has 1 aromatic rings.